The zero-order chi connectivity index (χ0) is 16.1. The summed E-state index contributed by atoms with van der Waals surface area (Å²) in [6, 6.07) is 8.20. The number of para-hydroxylation sites is 1. The number of aryl methyl sites for hydroxylation is 1. The molecule has 1 aromatic heterocycles. The van der Waals surface area contributed by atoms with Crippen LogP contribution in [0.15, 0.2) is 30.3 Å². The number of ether oxygens (including phenoxy) is 1. The first kappa shape index (κ1) is 15.7. The molecule has 0 spiro atoms. The second kappa shape index (κ2) is 7.42. The van der Waals surface area contributed by atoms with E-state index in [1.165, 1.54) is 12.8 Å². The Morgan fingerprint density at radius 3 is 3.04 bits per heavy atom. The molecule has 1 N–H and O–H groups in total. The Morgan fingerprint density at radius 1 is 1.30 bits per heavy atom. The first-order valence-electron chi connectivity index (χ1n) is 8.24. The van der Waals surface area contributed by atoms with Gasteiger partial charge >= 0.3 is 0 Å². The molecule has 23 heavy (non-hydrogen) atoms. The Labute approximate surface area is 137 Å². The number of nitrogens with one attached hydrogen (secondary N) is 1. The van der Waals surface area contributed by atoms with E-state index in [2.05, 4.69) is 39.2 Å². The van der Waals surface area contributed by atoms with E-state index in [1.807, 2.05) is 24.3 Å². The van der Waals surface area contributed by atoms with E-state index in [0.29, 0.717) is 0 Å². The van der Waals surface area contributed by atoms with Crippen molar-refractivity contribution in [3.63, 3.8) is 0 Å². The van der Waals surface area contributed by atoms with E-state index in [4.69, 9.17) is 4.74 Å². The van der Waals surface area contributed by atoms with Crippen molar-refractivity contribution in [2.24, 2.45) is 0 Å². The SMILES string of the molecule is COc1ccccc1/C=C/CNC(C)c1nnc2n1CCCC2. The average Bonchev–Trinajstić information content (AvgIpc) is 3.03. The molecule has 0 saturated heterocycles. The molecule has 0 radical (unpaired) electrons. The molecule has 1 aliphatic rings. The minimum absolute atomic E-state index is 0.191. The predicted molar refractivity (Wildman–Crippen MR) is 91.4 cm³/mol. The summed E-state index contributed by atoms with van der Waals surface area (Å²) in [5.41, 5.74) is 1.09. The van der Waals surface area contributed by atoms with Crippen LogP contribution in [0.1, 0.15) is 43.0 Å². The average molecular weight is 312 g/mol. The molecule has 0 aliphatic carbocycles. The van der Waals surface area contributed by atoms with Gasteiger partial charge in [0.25, 0.3) is 0 Å². The lowest BCUT2D eigenvalue weighted by Gasteiger charge is -2.18. The van der Waals surface area contributed by atoms with E-state index >= 15 is 0 Å². The summed E-state index contributed by atoms with van der Waals surface area (Å²) < 4.78 is 7.62. The summed E-state index contributed by atoms with van der Waals surface area (Å²) >= 11 is 0. The molecule has 1 unspecified atom stereocenters. The minimum atomic E-state index is 0.191. The Hall–Kier alpha value is -2.14. The van der Waals surface area contributed by atoms with Gasteiger partial charge in [-0.2, -0.15) is 0 Å². The highest BCUT2D eigenvalue weighted by molar-refractivity contribution is 5.57. The summed E-state index contributed by atoms with van der Waals surface area (Å²) in [5.74, 6) is 3.07. The zero-order valence-electron chi connectivity index (χ0n) is 13.8. The van der Waals surface area contributed by atoms with Crippen molar-refractivity contribution >= 4 is 6.08 Å². The van der Waals surface area contributed by atoms with Crippen LogP contribution in [0.25, 0.3) is 6.08 Å². The van der Waals surface area contributed by atoms with Crippen LogP contribution in [0, 0.1) is 0 Å². The maximum Gasteiger partial charge on any atom is 0.149 e. The van der Waals surface area contributed by atoms with Gasteiger partial charge in [-0.3, -0.25) is 0 Å². The molecule has 1 atom stereocenters. The van der Waals surface area contributed by atoms with Crippen LogP contribution in [-0.4, -0.2) is 28.4 Å². The van der Waals surface area contributed by atoms with Crippen molar-refractivity contribution in [1.82, 2.24) is 20.1 Å². The molecule has 1 aromatic carbocycles. The summed E-state index contributed by atoms with van der Waals surface area (Å²) in [6.07, 6.45) is 7.69. The van der Waals surface area contributed by atoms with Crippen LogP contribution in [0.3, 0.4) is 0 Å². The van der Waals surface area contributed by atoms with Crippen molar-refractivity contribution < 1.29 is 4.74 Å². The van der Waals surface area contributed by atoms with Crippen LogP contribution in [0.4, 0.5) is 0 Å². The van der Waals surface area contributed by atoms with E-state index in [0.717, 1.165) is 42.5 Å². The molecule has 5 nitrogen and oxygen atoms in total. The summed E-state index contributed by atoms with van der Waals surface area (Å²) in [4.78, 5) is 0. The number of hydrogen-bond acceptors (Lipinski definition) is 4. The van der Waals surface area contributed by atoms with Gasteiger partial charge in [0.15, 0.2) is 0 Å². The Balaban J connectivity index is 1.58. The maximum absolute atomic E-state index is 5.35. The number of benzene rings is 1. The van der Waals surface area contributed by atoms with Gasteiger partial charge in [-0.15, -0.1) is 10.2 Å². The molecule has 5 heteroatoms. The third-order valence-corrected chi connectivity index (χ3v) is 4.25. The lowest BCUT2D eigenvalue weighted by molar-refractivity contribution is 0.414. The number of aromatic nitrogens is 3. The van der Waals surface area contributed by atoms with Crippen LogP contribution in [-0.2, 0) is 13.0 Å². The van der Waals surface area contributed by atoms with E-state index < -0.39 is 0 Å². The largest absolute Gasteiger partial charge is 0.496 e. The summed E-state index contributed by atoms with van der Waals surface area (Å²) in [7, 11) is 1.70. The molecule has 0 fully saturated rings. The van der Waals surface area contributed by atoms with Gasteiger partial charge in [0.1, 0.15) is 17.4 Å². The highest BCUT2D eigenvalue weighted by Gasteiger charge is 2.19. The number of methoxy groups -OCH3 is 1. The lowest BCUT2D eigenvalue weighted by atomic mass is 10.1. The molecule has 0 bridgehead atoms. The molecule has 1 aliphatic heterocycles. The number of hydrogen-bond donors (Lipinski definition) is 1. The topological polar surface area (TPSA) is 52.0 Å². The van der Waals surface area contributed by atoms with Gasteiger partial charge < -0.3 is 14.6 Å². The van der Waals surface area contributed by atoms with Crippen LogP contribution < -0.4 is 10.1 Å². The highest BCUT2D eigenvalue weighted by Crippen LogP contribution is 2.20. The van der Waals surface area contributed by atoms with E-state index in [-0.39, 0.29) is 6.04 Å². The van der Waals surface area contributed by atoms with Crippen molar-refractivity contribution in [1.29, 1.82) is 0 Å². The Bertz CT molecular complexity index is 677. The maximum atomic E-state index is 5.35. The van der Waals surface area contributed by atoms with E-state index in [9.17, 15) is 0 Å². The zero-order valence-corrected chi connectivity index (χ0v) is 13.8. The van der Waals surface area contributed by atoms with Crippen molar-refractivity contribution in [2.45, 2.75) is 38.8 Å². The van der Waals surface area contributed by atoms with Gasteiger partial charge in [-0.05, 0) is 25.8 Å². The molecule has 2 aromatic rings. The fourth-order valence-electron chi connectivity index (χ4n) is 2.98. The summed E-state index contributed by atoms with van der Waals surface area (Å²) in [5, 5.41) is 12.2. The predicted octanol–water partition coefficient (Wildman–Crippen LogP) is 2.99. The fraction of sp³-hybridized carbons (Fsp3) is 0.444. The van der Waals surface area contributed by atoms with Gasteiger partial charge in [-0.1, -0.05) is 30.4 Å². The van der Waals surface area contributed by atoms with Gasteiger partial charge in [-0.25, -0.2) is 0 Å². The van der Waals surface area contributed by atoms with Crippen LogP contribution in [0.5, 0.6) is 5.75 Å². The van der Waals surface area contributed by atoms with Gasteiger partial charge in [0.2, 0.25) is 0 Å². The quantitative estimate of drug-likeness (QED) is 0.891. The number of rotatable bonds is 6. The van der Waals surface area contributed by atoms with Crippen LogP contribution in [0.2, 0.25) is 0 Å². The van der Waals surface area contributed by atoms with Crippen molar-refractivity contribution in [3.8, 4) is 5.75 Å². The second-order valence-electron chi connectivity index (χ2n) is 5.86. The van der Waals surface area contributed by atoms with E-state index in [1.54, 1.807) is 7.11 Å². The minimum Gasteiger partial charge on any atom is -0.496 e. The first-order valence-corrected chi connectivity index (χ1v) is 8.24. The highest BCUT2D eigenvalue weighted by atomic mass is 16.5. The Kier molecular flexibility index (Phi) is 5.08. The standard InChI is InChI=1S/C18H24N4O/c1-14(18-21-20-17-11-5-6-13-22(17)18)19-12-7-9-15-8-3-4-10-16(15)23-2/h3-4,7-10,14,19H,5-6,11-13H2,1-2H3/b9-7+. The molecule has 0 amide bonds. The summed E-state index contributed by atoms with van der Waals surface area (Å²) in [6.45, 7) is 3.96. The smallest absolute Gasteiger partial charge is 0.149 e. The lowest BCUT2D eigenvalue weighted by Crippen LogP contribution is -2.23. The molecular formula is C18H24N4O. The third-order valence-electron chi connectivity index (χ3n) is 4.25. The molecule has 122 valence electrons. The fourth-order valence-corrected chi connectivity index (χ4v) is 2.98. The Morgan fingerprint density at radius 2 is 2.17 bits per heavy atom. The molecular weight excluding hydrogens is 288 g/mol. The van der Waals surface area contributed by atoms with Crippen molar-refractivity contribution in [3.05, 3.63) is 47.6 Å². The van der Waals surface area contributed by atoms with Gasteiger partial charge in [0.05, 0.1) is 13.2 Å². The first-order chi connectivity index (χ1) is 11.3. The third kappa shape index (κ3) is 3.62. The number of nitrogens with zero attached hydrogens (tertiary/aromatic N) is 3. The van der Waals surface area contributed by atoms with Crippen LogP contribution >= 0.6 is 0 Å². The molecule has 3 rings (SSSR count). The second-order valence-corrected chi connectivity index (χ2v) is 5.86. The monoisotopic (exact) mass is 312 g/mol. The van der Waals surface area contributed by atoms with Crippen molar-refractivity contribution in [2.75, 3.05) is 13.7 Å². The molecule has 2 heterocycles. The molecule has 0 saturated carbocycles. The normalized spacial score (nSPS) is 15.6. The van der Waals surface area contributed by atoms with Gasteiger partial charge in [0, 0.05) is 25.1 Å². The number of fused-ring (bicyclic) bond motifs is 1.